The van der Waals surface area contributed by atoms with Gasteiger partial charge in [-0.3, -0.25) is 4.57 Å². The number of hydrogen-bond donors (Lipinski definition) is 0. The largest absolute Gasteiger partial charge is 0.308 e. The predicted molar refractivity (Wildman–Crippen MR) is 229 cm³/mol. The van der Waals surface area contributed by atoms with Crippen LogP contribution in [0.15, 0.2) is 188 Å². The maximum absolute atomic E-state index is 5.11. The highest BCUT2D eigenvalue weighted by molar-refractivity contribution is 6.17. The Morgan fingerprint density at radius 2 is 0.804 bits per heavy atom. The minimum atomic E-state index is 0.588. The van der Waals surface area contributed by atoms with Crippen LogP contribution < -0.4 is 0 Å². The van der Waals surface area contributed by atoms with Gasteiger partial charge in [0.25, 0.3) is 0 Å². The molecule has 0 saturated heterocycles. The summed E-state index contributed by atoms with van der Waals surface area (Å²) in [5.74, 6) is 1.86. The van der Waals surface area contributed by atoms with Crippen LogP contribution in [0.3, 0.4) is 0 Å². The first kappa shape index (κ1) is 30.8. The third-order valence-corrected chi connectivity index (χ3v) is 11.3. The molecule has 260 valence electrons. The second-order valence-electron chi connectivity index (χ2n) is 14.4. The number of aromatic nitrogens is 5. The molecule has 8 aromatic carbocycles. The molecule has 0 atom stereocenters. The molecule has 12 rings (SSSR count). The van der Waals surface area contributed by atoms with Crippen LogP contribution in [0, 0.1) is 0 Å². The average Bonchev–Trinajstić information content (AvgIpc) is 3.75. The zero-order valence-corrected chi connectivity index (χ0v) is 30.1. The van der Waals surface area contributed by atoms with Crippen molar-refractivity contribution < 1.29 is 0 Å². The highest BCUT2D eigenvalue weighted by Crippen LogP contribution is 2.47. The Hall–Kier alpha value is -7.63. The monoisotopic (exact) mass is 713 g/mol. The first-order valence-corrected chi connectivity index (χ1v) is 19.0. The third kappa shape index (κ3) is 4.52. The van der Waals surface area contributed by atoms with E-state index in [4.69, 9.17) is 15.0 Å². The molecule has 4 heterocycles. The van der Waals surface area contributed by atoms with E-state index >= 15 is 0 Å². The van der Waals surface area contributed by atoms with Crippen LogP contribution in [0.5, 0.6) is 0 Å². The Bertz CT molecular complexity index is 3300. The van der Waals surface area contributed by atoms with E-state index in [1.165, 1.54) is 55.3 Å². The molecule has 5 nitrogen and oxygen atoms in total. The summed E-state index contributed by atoms with van der Waals surface area (Å²) in [6, 6.07) is 66.9. The van der Waals surface area contributed by atoms with Crippen LogP contribution >= 0.6 is 0 Å². The van der Waals surface area contributed by atoms with E-state index in [2.05, 4.69) is 137 Å². The van der Waals surface area contributed by atoms with E-state index in [0.717, 1.165) is 38.5 Å². The smallest absolute Gasteiger partial charge is 0.238 e. The van der Waals surface area contributed by atoms with Gasteiger partial charge in [-0.25, -0.2) is 4.98 Å². The van der Waals surface area contributed by atoms with E-state index in [0.29, 0.717) is 17.6 Å². The van der Waals surface area contributed by atoms with E-state index in [-0.39, 0.29) is 0 Å². The number of para-hydroxylation sites is 3. The second-order valence-corrected chi connectivity index (χ2v) is 14.4. The summed E-state index contributed by atoms with van der Waals surface area (Å²) in [4.78, 5) is 15.2. The van der Waals surface area contributed by atoms with Crippen molar-refractivity contribution in [3.8, 4) is 67.8 Å². The van der Waals surface area contributed by atoms with E-state index in [1.54, 1.807) is 0 Å². The van der Waals surface area contributed by atoms with Crippen LogP contribution in [0.2, 0.25) is 0 Å². The maximum atomic E-state index is 5.11. The summed E-state index contributed by atoms with van der Waals surface area (Å²) in [7, 11) is 0. The summed E-state index contributed by atoms with van der Waals surface area (Å²) < 4.78 is 4.65. The molecule has 0 saturated carbocycles. The molecule has 0 unspecified atom stereocenters. The van der Waals surface area contributed by atoms with Gasteiger partial charge in [0.15, 0.2) is 11.6 Å². The van der Waals surface area contributed by atoms with Crippen LogP contribution in [0.1, 0.15) is 0 Å². The van der Waals surface area contributed by atoms with Crippen molar-refractivity contribution >= 4 is 43.6 Å². The minimum Gasteiger partial charge on any atom is -0.308 e. The first-order chi connectivity index (χ1) is 27.8. The lowest BCUT2D eigenvalue weighted by Crippen LogP contribution is -2.06. The molecule has 11 aromatic rings. The molecule has 1 aliphatic heterocycles. The minimum absolute atomic E-state index is 0.588. The first-order valence-electron chi connectivity index (χ1n) is 19.0. The molecule has 5 heteroatoms. The average molecular weight is 714 g/mol. The molecule has 0 spiro atoms. The zero-order valence-electron chi connectivity index (χ0n) is 30.1. The SMILES string of the molecule is c1ccc(-c2nc(-c3ccccc3)nc(-n3c4ccccc4c4cc(-c5ccc6c(c5)c5cccc7c5n6-c5ccccc5-c5ccccc5-7)ccc43)n2)cc1. The van der Waals surface area contributed by atoms with Crippen molar-refractivity contribution in [2.45, 2.75) is 0 Å². The fourth-order valence-corrected chi connectivity index (χ4v) is 8.83. The number of rotatable bonds is 4. The van der Waals surface area contributed by atoms with Gasteiger partial charge < -0.3 is 4.57 Å². The van der Waals surface area contributed by atoms with Gasteiger partial charge in [-0.1, -0.05) is 152 Å². The van der Waals surface area contributed by atoms with Crippen LogP contribution in [-0.4, -0.2) is 24.1 Å². The predicted octanol–water partition coefficient (Wildman–Crippen LogP) is 12.7. The maximum Gasteiger partial charge on any atom is 0.238 e. The second kappa shape index (κ2) is 11.9. The summed E-state index contributed by atoms with van der Waals surface area (Å²) in [5, 5.41) is 4.78. The quantitative estimate of drug-likeness (QED) is 0.182. The Kier molecular flexibility index (Phi) is 6.56. The van der Waals surface area contributed by atoms with Gasteiger partial charge >= 0.3 is 0 Å². The van der Waals surface area contributed by atoms with Crippen molar-refractivity contribution in [2.75, 3.05) is 0 Å². The zero-order chi connectivity index (χ0) is 36.7. The molecule has 0 amide bonds. The number of nitrogens with zero attached hydrogens (tertiary/aromatic N) is 5. The lowest BCUT2D eigenvalue weighted by molar-refractivity contribution is 0.953. The fraction of sp³-hybridized carbons (Fsp3) is 0. The lowest BCUT2D eigenvalue weighted by Gasteiger charge is -2.12. The van der Waals surface area contributed by atoms with Crippen LogP contribution in [0.4, 0.5) is 0 Å². The van der Waals surface area contributed by atoms with E-state index < -0.39 is 0 Å². The van der Waals surface area contributed by atoms with E-state index in [9.17, 15) is 0 Å². The lowest BCUT2D eigenvalue weighted by atomic mass is 9.93. The Balaban J connectivity index is 1.06. The van der Waals surface area contributed by atoms with Crippen LogP contribution in [-0.2, 0) is 0 Å². The topological polar surface area (TPSA) is 48.5 Å². The van der Waals surface area contributed by atoms with E-state index in [1.807, 2.05) is 60.7 Å². The summed E-state index contributed by atoms with van der Waals surface area (Å²) >= 11 is 0. The van der Waals surface area contributed by atoms with Gasteiger partial charge in [-0.2, -0.15) is 9.97 Å². The fourth-order valence-electron chi connectivity index (χ4n) is 8.83. The molecule has 0 fully saturated rings. The number of hydrogen-bond acceptors (Lipinski definition) is 3. The molecule has 56 heavy (non-hydrogen) atoms. The highest BCUT2D eigenvalue weighted by Gasteiger charge is 2.24. The molecular weight excluding hydrogens is 683 g/mol. The third-order valence-electron chi connectivity index (χ3n) is 11.3. The standard InChI is InChI=1S/C51H31N5/c1-3-14-32(15-4-1)49-52-50(33-16-5-2-6-17-33)54-51(53-49)56-45-25-12-10-21-39(45)42-30-34(27-29-47(42)56)35-26-28-46-43(31-35)41-23-13-22-40-37-19-8-7-18-36(37)38-20-9-11-24-44(38)55(46)48(40)41/h1-31H. The normalized spacial score (nSPS) is 11.9. The van der Waals surface area contributed by atoms with Crippen molar-refractivity contribution in [2.24, 2.45) is 0 Å². The van der Waals surface area contributed by atoms with Gasteiger partial charge in [-0.05, 0) is 58.7 Å². The van der Waals surface area contributed by atoms with Crippen molar-refractivity contribution in [3.63, 3.8) is 0 Å². The molecule has 0 N–H and O–H groups in total. The summed E-state index contributed by atoms with van der Waals surface area (Å²) in [6.45, 7) is 0. The van der Waals surface area contributed by atoms with Gasteiger partial charge in [0.2, 0.25) is 5.95 Å². The molecule has 0 aliphatic carbocycles. The van der Waals surface area contributed by atoms with Crippen molar-refractivity contribution in [3.05, 3.63) is 188 Å². The molecule has 3 aromatic heterocycles. The van der Waals surface area contributed by atoms with Gasteiger partial charge in [0.05, 0.1) is 27.8 Å². The van der Waals surface area contributed by atoms with Crippen LogP contribution in [0.25, 0.3) is 111 Å². The Morgan fingerprint density at radius 3 is 1.50 bits per heavy atom. The number of fused-ring (bicyclic) bond motifs is 11. The molecule has 1 aliphatic rings. The Morgan fingerprint density at radius 1 is 0.304 bits per heavy atom. The number of benzene rings is 8. The van der Waals surface area contributed by atoms with Gasteiger partial charge in [0.1, 0.15) is 0 Å². The Labute approximate surface area is 322 Å². The highest BCUT2D eigenvalue weighted by atomic mass is 15.2. The molecular formula is C51H31N5. The van der Waals surface area contributed by atoms with Gasteiger partial charge in [0, 0.05) is 43.8 Å². The van der Waals surface area contributed by atoms with Crippen molar-refractivity contribution in [1.29, 1.82) is 0 Å². The molecule has 0 bridgehead atoms. The summed E-state index contributed by atoms with van der Waals surface area (Å²) in [5.41, 5.74) is 15.0. The molecule has 0 radical (unpaired) electrons. The van der Waals surface area contributed by atoms with Crippen molar-refractivity contribution in [1.82, 2.24) is 24.1 Å². The van der Waals surface area contributed by atoms with Gasteiger partial charge in [-0.15, -0.1) is 0 Å². The summed E-state index contributed by atoms with van der Waals surface area (Å²) in [6.07, 6.45) is 0.